The van der Waals surface area contributed by atoms with Crippen molar-refractivity contribution in [2.75, 3.05) is 32.2 Å². The predicted octanol–water partition coefficient (Wildman–Crippen LogP) is 4.87. The summed E-state index contributed by atoms with van der Waals surface area (Å²) < 4.78 is 5.20. The van der Waals surface area contributed by atoms with E-state index in [2.05, 4.69) is 10.7 Å². The summed E-state index contributed by atoms with van der Waals surface area (Å²) in [5.74, 6) is 0.443. The van der Waals surface area contributed by atoms with Gasteiger partial charge in [0.05, 0.1) is 18.6 Å². The lowest BCUT2D eigenvalue weighted by Crippen LogP contribution is -2.23. The quantitative estimate of drug-likeness (QED) is 0.624. The molecule has 6 nitrogen and oxygen atoms in total. The first-order valence-corrected chi connectivity index (χ1v) is 11.0. The highest BCUT2D eigenvalue weighted by Crippen LogP contribution is 2.32. The molecule has 0 spiro atoms. The first-order valence-electron chi connectivity index (χ1n) is 10.1. The molecular formula is C24H29N3O3S. The minimum Gasteiger partial charge on any atom is -0.489 e. The number of nitrogens with zero attached hydrogens (tertiary/aromatic N) is 3. The zero-order valence-corrected chi connectivity index (χ0v) is 19.4. The molecule has 31 heavy (non-hydrogen) atoms. The van der Waals surface area contributed by atoms with Crippen molar-refractivity contribution < 1.29 is 14.6 Å². The Morgan fingerprint density at radius 1 is 1.35 bits per heavy atom. The molecule has 2 aromatic rings. The summed E-state index contributed by atoms with van der Waals surface area (Å²) >= 11 is 1.35. The first-order chi connectivity index (χ1) is 15.1. The van der Waals surface area contributed by atoms with Crippen LogP contribution in [0.4, 0.5) is 5.69 Å². The van der Waals surface area contributed by atoms with E-state index in [0.29, 0.717) is 22.9 Å². The third-order valence-corrected chi connectivity index (χ3v) is 5.40. The Bertz CT molecular complexity index is 1060. The topological polar surface area (TPSA) is 65.9 Å². The molecule has 1 aliphatic rings. The molecule has 0 unspecified atom stereocenters. The van der Waals surface area contributed by atoms with E-state index in [1.54, 1.807) is 36.6 Å². The molecule has 1 N–H and O–H groups in total. The van der Waals surface area contributed by atoms with E-state index in [4.69, 9.17) is 4.74 Å². The smallest absolute Gasteiger partial charge is 0.272 e. The second-order valence-corrected chi connectivity index (χ2v) is 7.30. The fraction of sp³-hybridized carbons (Fsp3) is 0.292. The van der Waals surface area contributed by atoms with Crippen LogP contribution < -0.4 is 4.90 Å². The van der Waals surface area contributed by atoms with Gasteiger partial charge in [-0.2, -0.15) is 0 Å². The monoisotopic (exact) mass is 439 g/mol. The molecule has 1 aliphatic carbocycles. The fourth-order valence-corrected chi connectivity index (χ4v) is 3.89. The Balaban J connectivity index is 0.00000166. The molecule has 164 valence electrons. The minimum absolute atomic E-state index is 0.0524. The van der Waals surface area contributed by atoms with Crippen molar-refractivity contribution in [2.45, 2.75) is 20.8 Å². The van der Waals surface area contributed by atoms with Crippen molar-refractivity contribution in [3.63, 3.8) is 0 Å². The molecule has 1 amide bonds. The molecule has 0 aromatic carbocycles. The third-order valence-electron chi connectivity index (χ3n) is 4.37. The lowest BCUT2D eigenvalue weighted by Gasteiger charge is -2.19. The SMILES string of the molecule is C/C=C\N(C(=O)c1cc2c(N(C)CCO)ccnc2s1)C1=CC=C=C(OC)C=C1.CC. The van der Waals surface area contributed by atoms with Gasteiger partial charge in [-0.3, -0.25) is 9.69 Å². The van der Waals surface area contributed by atoms with Gasteiger partial charge in [0.15, 0.2) is 5.76 Å². The molecule has 0 bridgehead atoms. The van der Waals surface area contributed by atoms with Gasteiger partial charge in [-0.15, -0.1) is 11.3 Å². The second-order valence-electron chi connectivity index (χ2n) is 6.27. The number of amides is 1. The van der Waals surface area contributed by atoms with Crippen molar-refractivity contribution in [1.29, 1.82) is 0 Å². The molecule has 0 saturated carbocycles. The number of aromatic nitrogens is 1. The van der Waals surface area contributed by atoms with Crippen molar-refractivity contribution in [3.8, 4) is 0 Å². The Morgan fingerprint density at radius 3 is 2.81 bits per heavy atom. The molecule has 0 aliphatic heterocycles. The number of likely N-dealkylation sites (N-methyl/N-ethyl adjacent to an activating group) is 1. The molecule has 3 rings (SSSR count). The summed E-state index contributed by atoms with van der Waals surface area (Å²) in [6.45, 7) is 6.42. The van der Waals surface area contributed by atoms with Gasteiger partial charge in [-0.25, -0.2) is 4.98 Å². The van der Waals surface area contributed by atoms with Crippen LogP contribution in [0.15, 0.2) is 72.1 Å². The molecule has 0 atom stereocenters. The van der Waals surface area contributed by atoms with Crippen LogP contribution in [0.3, 0.4) is 0 Å². The van der Waals surface area contributed by atoms with E-state index in [1.165, 1.54) is 11.3 Å². The molecule has 0 radical (unpaired) electrons. The first kappa shape index (κ1) is 24.2. The number of carbonyl (C=O) groups excluding carboxylic acids is 1. The molecule has 0 fully saturated rings. The van der Waals surface area contributed by atoms with Gasteiger partial charge in [0, 0.05) is 42.8 Å². The van der Waals surface area contributed by atoms with Crippen LogP contribution in [-0.4, -0.2) is 48.2 Å². The Hall–Kier alpha value is -3.12. The maximum Gasteiger partial charge on any atom is 0.272 e. The molecule has 7 heteroatoms. The highest BCUT2D eigenvalue weighted by molar-refractivity contribution is 7.20. The number of rotatable bonds is 7. The van der Waals surface area contributed by atoms with Crippen LogP contribution in [0.2, 0.25) is 0 Å². The van der Waals surface area contributed by atoms with Crippen LogP contribution in [0.1, 0.15) is 30.4 Å². The predicted molar refractivity (Wildman–Crippen MR) is 128 cm³/mol. The van der Waals surface area contributed by atoms with Crippen molar-refractivity contribution >= 4 is 33.1 Å². The average molecular weight is 440 g/mol. The van der Waals surface area contributed by atoms with E-state index in [-0.39, 0.29) is 12.5 Å². The van der Waals surface area contributed by atoms with Crippen LogP contribution >= 0.6 is 11.3 Å². The zero-order valence-electron chi connectivity index (χ0n) is 18.6. The number of hydrogen-bond acceptors (Lipinski definition) is 6. The summed E-state index contributed by atoms with van der Waals surface area (Å²) in [5.41, 5.74) is 4.64. The second kappa shape index (κ2) is 11.9. The van der Waals surface area contributed by atoms with Gasteiger partial charge in [-0.05, 0) is 43.4 Å². The largest absolute Gasteiger partial charge is 0.489 e. The van der Waals surface area contributed by atoms with Crippen molar-refractivity contribution in [1.82, 2.24) is 9.88 Å². The summed E-state index contributed by atoms with van der Waals surface area (Å²) in [5, 5.41) is 10.1. The van der Waals surface area contributed by atoms with Gasteiger partial charge in [0.25, 0.3) is 5.91 Å². The molecule has 0 saturated heterocycles. The minimum atomic E-state index is -0.146. The fourth-order valence-electron chi connectivity index (χ4n) is 2.94. The highest BCUT2D eigenvalue weighted by Gasteiger charge is 2.21. The van der Waals surface area contributed by atoms with E-state index in [1.807, 2.05) is 63.1 Å². The number of thiophene rings is 1. The number of pyridine rings is 1. The third kappa shape index (κ3) is 5.73. The van der Waals surface area contributed by atoms with Gasteiger partial charge in [0.2, 0.25) is 0 Å². The maximum atomic E-state index is 13.3. The average Bonchev–Trinajstić information content (AvgIpc) is 3.10. The van der Waals surface area contributed by atoms with Gasteiger partial charge in [-0.1, -0.05) is 25.7 Å². The van der Waals surface area contributed by atoms with Crippen LogP contribution in [0.5, 0.6) is 0 Å². The number of aliphatic hydroxyl groups is 1. The van der Waals surface area contributed by atoms with E-state index < -0.39 is 0 Å². The summed E-state index contributed by atoms with van der Waals surface area (Å²) in [6.07, 6.45) is 12.4. The Morgan fingerprint density at radius 2 is 2.13 bits per heavy atom. The lowest BCUT2D eigenvalue weighted by molar-refractivity contribution is 0.0865. The number of allylic oxidation sites excluding steroid dienone is 4. The Labute approximate surface area is 187 Å². The number of ether oxygens (including phenoxy) is 1. The lowest BCUT2D eigenvalue weighted by atomic mass is 10.2. The molecular weight excluding hydrogens is 410 g/mol. The number of fused-ring (bicyclic) bond motifs is 1. The van der Waals surface area contributed by atoms with E-state index in [9.17, 15) is 9.90 Å². The van der Waals surface area contributed by atoms with Crippen LogP contribution in [0, 0.1) is 0 Å². The number of methoxy groups -OCH3 is 1. The van der Waals surface area contributed by atoms with E-state index in [0.717, 1.165) is 15.9 Å². The summed E-state index contributed by atoms with van der Waals surface area (Å²) in [4.78, 5) is 22.7. The van der Waals surface area contributed by atoms with Gasteiger partial charge < -0.3 is 14.7 Å². The molecule has 2 aromatic heterocycles. The number of aliphatic hydroxyl groups excluding tert-OH is 1. The Kier molecular flexibility index (Phi) is 9.28. The number of carbonyl (C=O) groups is 1. The standard InChI is InChI=1S/C22H23N3O3S.C2H6/c1-4-12-25(16-6-5-7-17(28-3)9-8-16)22(27)20-15-18-19(24(2)13-14-26)10-11-23-21(18)29-20;1-2/h4-6,8-12,15,26H,13-14H2,1-3H3;1-2H3/b12-4-;. The van der Waals surface area contributed by atoms with Crippen LogP contribution in [-0.2, 0) is 4.74 Å². The highest BCUT2D eigenvalue weighted by atomic mass is 32.1. The van der Waals surface area contributed by atoms with Crippen LogP contribution in [0.25, 0.3) is 10.2 Å². The number of hydrogen-bond donors (Lipinski definition) is 1. The molecule has 2 heterocycles. The van der Waals surface area contributed by atoms with Gasteiger partial charge >= 0.3 is 0 Å². The normalized spacial score (nSPS) is 12.7. The summed E-state index contributed by atoms with van der Waals surface area (Å²) in [7, 11) is 3.49. The summed E-state index contributed by atoms with van der Waals surface area (Å²) in [6, 6.07) is 3.76. The number of anilines is 1. The van der Waals surface area contributed by atoms with E-state index >= 15 is 0 Å². The van der Waals surface area contributed by atoms with Crippen molar-refractivity contribution in [2.24, 2.45) is 0 Å². The maximum absolute atomic E-state index is 13.3. The van der Waals surface area contributed by atoms with Gasteiger partial charge in [0.1, 0.15) is 4.83 Å². The van der Waals surface area contributed by atoms with Crippen molar-refractivity contribution in [3.05, 3.63) is 77.0 Å². The zero-order chi connectivity index (χ0) is 22.8.